The number of carbonyl (C=O) groups is 2. The highest BCUT2D eigenvalue weighted by molar-refractivity contribution is 5.85. The fourth-order valence-electron chi connectivity index (χ4n) is 0.151. The summed E-state index contributed by atoms with van der Waals surface area (Å²) in [5.41, 5.74) is 4.29. The van der Waals surface area contributed by atoms with Crippen LogP contribution in [0.5, 0.6) is 0 Å². The van der Waals surface area contributed by atoms with E-state index in [-0.39, 0.29) is 5.57 Å². The SMILES string of the molecule is C=C(CC)C(=O)O.NC(=O)O. The summed E-state index contributed by atoms with van der Waals surface area (Å²) in [7, 11) is 0. The minimum absolute atomic E-state index is 0.264. The van der Waals surface area contributed by atoms with E-state index in [1.165, 1.54) is 0 Å². The second kappa shape index (κ2) is 6.60. The maximum Gasteiger partial charge on any atom is 0.402 e. The standard InChI is InChI=1S/C5H8O2.CH3NO2/c1-3-4(2)5(6)7;2-1(3)4/h2-3H2,1H3,(H,6,7);2H2,(H,3,4). The molecule has 5 nitrogen and oxygen atoms in total. The van der Waals surface area contributed by atoms with Crippen molar-refractivity contribution in [1.29, 1.82) is 0 Å². The molecule has 0 aromatic rings. The average molecular weight is 161 g/mol. The van der Waals surface area contributed by atoms with Gasteiger partial charge in [-0.3, -0.25) is 0 Å². The number of amides is 1. The highest BCUT2D eigenvalue weighted by Gasteiger charge is 1.96. The molecule has 0 aliphatic rings. The van der Waals surface area contributed by atoms with Crippen molar-refractivity contribution in [2.75, 3.05) is 0 Å². The number of nitrogens with two attached hydrogens (primary N) is 1. The lowest BCUT2D eigenvalue weighted by atomic mass is 10.2. The molecule has 0 heterocycles. The van der Waals surface area contributed by atoms with E-state index >= 15 is 0 Å². The van der Waals surface area contributed by atoms with Crippen LogP contribution >= 0.6 is 0 Å². The zero-order valence-corrected chi connectivity index (χ0v) is 6.20. The second-order valence-corrected chi connectivity index (χ2v) is 1.60. The third-order valence-corrected chi connectivity index (χ3v) is 0.729. The van der Waals surface area contributed by atoms with Gasteiger partial charge in [-0.2, -0.15) is 0 Å². The maximum absolute atomic E-state index is 9.83. The zero-order chi connectivity index (χ0) is 9.44. The van der Waals surface area contributed by atoms with Gasteiger partial charge in [-0.05, 0) is 6.42 Å². The van der Waals surface area contributed by atoms with Crippen LogP contribution in [0.3, 0.4) is 0 Å². The van der Waals surface area contributed by atoms with Crippen LogP contribution in [0.15, 0.2) is 12.2 Å². The monoisotopic (exact) mass is 161 g/mol. The fraction of sp³-hybridized carbons (Fsp3) is 0.333. The van der Waals surface area contributed by atoms with Gasteiger partial charge in [0.25, 0.3) is 0 Å². The summed E-state index contributed by atoms with van der Waals surface area (Å²) in [5, 5.41) is 15.3. The van der Waals surface area contributed by atoms with E-state index in [0.29, 0.717) is 6.42 Å². The number of hydrogen-bond donors (Lipinski definition) is 3. The van der Waals surface area contributed by atoms with Crippen molar-refractivity contribution in [3.63, 3.8) is 0 Å². The lowest BCUT2D eigenvalue weighted by molar-refractivity contribution is -0.132. The number of rotatable bonds is 2. The van der Waals surface area contributed by atoms with E-state index in [2.05, 4.69) is 12.3 Å². The van der Waals surface area contributed by atoms with E-state index in [0.717, 1.165) is 0 Å². The van der Waals surface area contributed by atoms with E-state index in [9.17, 15) is 4.79 Å². The number of primary amides is 1. The summed E-state index contributed by atoms with van der Waals surface area (Å²) < 4.78 is 0. The number of carboxylic acids is 1. The quantitative estimate of drug-likeness (QED) is 0.518. The Bertz CT molecular complexity index is 160. The summed E-state index contributed by atoms with van der Waals surface area (Å²) in [6, 6.07) is 0. The molecule has 0 bridgehead atoms. The van der Waals surface area contributed by atoms with Crippen LogP contribution in [-0.2, 0) is 4.79 Å². The van der Waals surface area contributed by atoms with Gasteiger partial charge < -0.3 is 15.9 Å². The molecule has 5 heteroatoms. The average Bonchev–Trinajstić information content (AvgIpc) is 1.85. The molecule has 0 atom stereocenters. The van der Waals surface area contributed by atoms with Crippen LogP contribution in [0.2, 0.25) is 0 Å². The van der Waals surface area contributed by atoms with E-state index < -0.39 is 12.1 Å². The van der Waals surface area contributed by atoms with Crippen molar-refractivity contribution in [1.82, 2.24) is 0 Å². The third-order valence-electron chi connectivity index (χ3n) is 0.729. The van der Waals surface area contributed by atoms with Crippen molar-refractivity contribution in [3.8, 4) is 0 Å². The van der Waals surface area contributed by atoms with Gasteiger partial charge in [0.05, 0.1) is 0 Å². The highest BCUT2D eigenvalue weighted by Crippen LogP contribution is 1.93. The number of hydrogen-bond acceptors (Lipinski definition) is 2. The zero-order valence-electron chi connectivity index (χ0n) is 6.20. The Morgan fingerprint density at radius 1 is 1.45 bits per heavy atom. The smallest absolute Gasteiger partial charge is 0.402 e. The molecule has 0 unspecified atom stereocenters. The van der Waals surface area contributed by atoms with Crippen molar-refractivity contribution in [2.24, 2.45) is 5.73 Å². The van der Waals surface area contributed by atoms with Crippen molar-refractivity contribution >= 4 is 12.1 Å². The van der Waals surface area contributed by atoms with Crippen LogP contribution in [0.1, 0.15) is 13.3 Å². The second-order valence-electron chi connectivity index (χ2n) is 1.60. The summed E-state index contributed by atoms with van der Waals surface area (Å²) in [4.78, 5) is 18.6. The predicted molar refractivity (Wildman–Crippen MR) is 39.3 cm³/mol. The minimum atomic E-state index is -1.33. The van der Waals surface area contributed by atoms with Gasteiger partial charge >= 0.3 is 12.1 Å². The number of carboxylic acid groups (broad SMARTS) is 2. The normalized spacial score (nSPS) is 7.36. The molecule has 4 N–H and O–H groups in total. The van der Waals surface area contributed by atoms with Crippen molar-refractivity contribution in [3.05, 3.63) is 12.2 Å². The molecule has 64 valence electrons. The van der Waals surface area contributed by atoms with Gasteiger partial charge in [0, 0.05) is 5.57 Å². The van der Waals surface area contributed by atoms with Gasteiger partial charge in [0.1, 0.15) is 0 Å². The lowest BCUT2D eigenvalue weighted by Gasteiger charge is -1.87. The third kappa shape index (κ3) is 17.7. The Morgan fingerprint density at radius 2 is 1.73 bits per heavy atom. The summed E-state index contributed by atoms with van der Waals surface area (Å²) >= 11 is 0. The molecule has 0 saturated heterocycles. The van der Waals surface area contributed by atoms with Crippen LogP contribution in [0, 0.1) is 0 Å². The molecule has 0 saturated carbocycles. The highest BCUT2D eigenvalue weighted by atomic mass is 16.4. The Hall–Kier alpha value is -1.52. The molecule has 0 aromatic heterocycles. The molecule has 0 fully saturated rings. The maximum atomic E-state index is 9.83. The first-order valence-electron chi connectivity index (χ1n) is 2.81. The molecule has 0 rings (SSSR count). The predicted octanol–water partition coefficient (Wildman–Crippen LogP) is 0.660. The first kappa shape index (κ1) is 12.2. The van der Waals surface area contributed by atoms with Crippen LogP contribution in [-0.4, -0.2) is 22.3 Å². The first-order chi connectivity index (χ1) is 4.91. The van der Waals surface area contributed by atoms with Crippen LogP contribution in [0.25, 0.3) is 0 Å². The van der Waals surface area contributed by atoms with E-state index in [1.54, 1.807) is 6.92 Å². The lowest BCUT2D eigenvalue weighted by Crippen LogP contribution is -2.03. The van der Waals surface area contributed by atoms with Gasteiger partial charge in [-0.1, -0.05) is 13.5 Å². The molecule has 0 aliphatic heterocycles. The topological polar surface area (TPSA) is 101 Å². The van der Waals surface area contributed by atoms with Gasteiger partial charge in [0.2, 0.25) is 0 Å². The summed E-state index contributed by atoms with van der Waals surface area (Å²) in [5.74, 6) is -0.900. The van der Waals surface area contributed by atoms with E-state index in [1.807, 2.05) is 0 Å². The molecule has 11 heavy (non-hydrogen) atoms. The molecule has 1 amide bonds. The molecule has 0 spiro atoms. The molecule has 0 aromatic carbocycles. The largest absolute Gasteiger partial charge is 0.478 e. The Balaban J connectivity index is 0. The van der Waals surface area contributed by atoms with Crippen LogP contribution < -0.4 is 5.73 Å². The Kier molecular flexibility index (Phi) is 7.31. The molecule has 0 aliphatic carbocycles. The van der Waals surface area contributed by atoms with E-state index in [4.69, 9.17) is 15.0 Å². The van der Waals surface area contributed by atoms with Gasteiger partial charge in [-0.15, -0.1) is 0 Å². The van der Waals surface area contributed by atoms with Gasteiger partial charge in [-0.25, -0.2) is 9.59 Å². The number of aliphatic carboxylic acids is 1. The van der Waals surface area contributed by atoms with Gasteiger partial charge in [0.15, 0.2) is 0 Å². The summed E-state index contributed by atoms with van der Waals surface area (Å²) in [6.07, 6.45) is -0.810. The van der Waals surface area contributed by atoms with Crippen molar-refractivity contribution < 1.29 is 19.8 Å². The minimum Gasteiger partial charge on any atom is -0.478 e. The fourth-order valence-corrected chi connectivity index (χ4v) is 0.151. The Labute approximate surface area is 64.1 Å². The Morgan fingerprint density at radius 3 is 1.73 bits per heavy atom. The summed E-state index contributed by atoms with van der Waals surface area (Å²) in [6.45, 7) is 5.03. The molecular formula is C6H11NO4. The van der Waals surface area contributed by atoms with Crippen LogP contribution in [0.4, 0.5) is 4.79 Å². The first-order valence-corrected chi connectivity index (χ1v) is 2.81. The molecular weight excluding hydrogens is 150 g/mol. The van der Waals surface area contributed by atoms with Crippen molar-refractivity contribution in [2.45, 2.75) is 13.3 Å². The molecule has 0 radical (unpaired) electrons.